The summed E-state index contributed by atoms with van der Waals surface area (Å²) in [5.41, 5.74) is 0.837. The zero-order valence-corrected chi connectivity index (χ0v) is 10.6. The normalized spacial score (nSPS) is 10.4. The molecular weight excluding hydrogens is 258 g/mol. The Morgan fingerprint density at radius 1 is 1.44 bits per heavy atom. The third-order valence-electron chi connectivity index (χ3n) is 2.05. The van der Waals surface area contributed by atoms with Gasteiger partial charge in [0.25, 0.3) is 0 Å². The van der Waals surface area contributed by atoms with E-state index in [1.54, 1.807) is 12.1 Å². The first-order valence-corrected chi connectivity index (χ1v) is 5.38. The molecule has 5 nitrogen and oxygen atoms in total. The van der Waals surface area contributed by atoms with Crippen molar-refractivity contribution in [2.24, 2.45) is 0 Å². The second-order valence-electron chi connectivity index (χ2n) is 3.40. The largest absolute Gasteiger partial charge is 0.493 e. The second kappa shape index (κ2) is 6.07. The van der Waals surface area contributed by atoms with E-state index in [-0.39, 0.29) is 5.91 Å². The quantitative estimate of drug-likeness (QED) is 0.823. The molecule has 1 rings (SSSR count). The van der Waals surface area contributed by atoms with E-state index in [1.807, 2.05) is 0 Å². The Hall–Kier alpha value is -2.01. The van der Waals surface area contributed by atoms with Gasteiger partial charge >= 0.3 is 5.97 Å². The van der Waals surface area contributed by atoms with E-state index >= 15 is 0 Å². The summed E-state index contributed by atoms with van der Waals surface area (Å²) in [5, 5.41) is 11.5. The van der Waals surface area contributed by atoms with Crippen molar-refractivity contribution in [2.75, 3.05) is 12.4 Å². The number of halogens is 1. The Labute approximate surface area is 109 Å². The molecule has 1 aromatic carbocycles. The SMILES string of the molecule is COc1c(Cl)ccc(/C=C/C(=O)O)c1NC(C)=O. The van der Waals surface area contributed by atoms with Gasteiger partial charge in [-0.25, -0.2) is 4.79 Å². The minimum Gasteiger partial charge on any atom is -0.493 e. The average Bonchev–Trinajstić information content (AvgIpc) is 2.27. The summed E-state index contributed by atoms with van der Waals surface area (Å²) in [7, 11) is 1.41. The molecule has 1 amide bonds. The van der Waals surface area contributed by atoms with Crippen LogP contribution in [0.15, 0.2) is 18.2 Å². The number of carboxylic acid groups (broad SMARTS) is 1. The van der Waals surface area contributed by atoms with Crippen LogP contribution in [0.1, 0.15) is 12.5 Å². The van der Waals surface area contributed by atoms with Crippen molar-refractivity contribution >= 4 is 35.2 Å². The Balaban J connectivity index is 3.32. The molecule has 2 N–H and O–H groups in total. The van der Waals surface area contributed by atoms with Crippen molar-refractivity contribution in [3.05, 3.63) is 28.8 Å². The number of benzene rings is 1. The van der Waals surface area contributed by atoms with Crippen LogP contribution in [0.5, 0.6) is 5.75 Å². The maximum Gasteiger partial charge on any atom is 0.328 e. The lowest BCUT2D eigenvalue weighted by Crippen LogP contribution is -2.09. The summed E-state index contributed by atoms with van der Waals surface area (Å²) in [4.78, 5) is 21.6. The van der Waals surface area contributed by atoms with Gasteiger partial charge in [-0.05, 0) is 12.1 Å². The maximum absolute atomic E-state index is 11.1. The molecule has 0 bridgehead atoms. The van der Waals surface area contributed by atoms with Crippen molar-refractivity contribution in [3.63, 3.8) is 0 Å². The third kappa shape index (κ3) is 3.49. The summed E-state index contributed by atoms with van der Waals surface area (Å²) in [6.45, 7) is 1.34. The third-order valence-corrected chi connectivity index (χ3v) is 2.35. The highest BCUT2D eigenvalue weighted by molar-refractivity contribution is 6.32. The Bertz CT molecular complexity index is 511. The van der Waals surface area contributed by atoms with Gasteiger partial charge in [0.2, 0.25) is 5.91 Å². The first kappa shape index (κ1) is 14.1. The van der Waals surface area contributed by atoms with E-state index in [2.05, 4.69) is 5.32 Å². The second-order valence-corrected chi connectivity index (χ2v) is 3.80. The number of methoxy groups -OCH3 is 1. The van der Waals surface area contributed by atoms with E-state index in [1.165, 1.54) is 20.1 Å². The zero-order chi connectivity index (χ0) is 13.7. The summed E-state index contributed by atoms with van der Waals surface area (Å²) in [6, 6.07) is 3.16. The van der Waals surface area contributed by atoms with Crippen LogP contribution in [-0.2, 0) is 9.59 Å². The molecule has 0 fully saturated rings. The summed E-state index contributed by atoms with van der Waals surface area (Å²) < 4.78 is 5.10. The minimum atomic E-state index is -1.09. The van der Waals surface area contributed by atoms with Gasteiger partial charge in [-0.2, -0.15) is 0 Å². The van der Waals surface area contributed by atoms with E-state index in [9.17, 15) is 9.59 Å². The van der Waals surface area contributed by atoms with Gasteiger partial charge < -0.3 is 15.2 Å². The molecule has 0 aromatic heterocycles. The van der Waals surface area contributed by atoms with Gasteiger partial charge in [-0.15, -0.1) is 0 Å². The summed E-state index contributed by atoms with van der Waals surface area (Å²) in [6.07, 6.45) is 2.32. The van der Waals surface area contributed by atoms with Crippen molar-refractivity contribution in [3.8, 4) is 5.75 Å². The van der Waals surface area contributed by atoms with E-state index in [0.29, 0.717) is 22.0 Å². The summed E-state index contributed by atoms with van der Waals surface area (Å²) in [5.74, 6) is -1.10. The number of carbonyl (C=O) groups excluding carboxylic acids is 1. The molecule has 18 heavy (non-hydrogen) atoms. The van der Waals surface area contributed by atoms with Crippen LogP contribution in [0.4, 0.5) is 5.69 Å². The molecule has 0 heterocycles. The fourth-order valence-corrected chi connectivity index (χ4v) is 1.61. The number of hydrogen-bond donors (Lipinski definition) is 2. The molecule has 0 unspecified atom stereocenters. The van der Waals surface area contributed by atoms with Gasteiger partial charge in [0.1, 0.15) is 0 Å². The molecule has 0 saturated heterocycles. The van der Waals surface area contributed by atoms with Gasteiger partial charge in [0, 0.05) is 18.6 Å². The molecule has 6 heteroatoms. The topological polar surface area (TPSA) is 75.6 Å². The van der Waals surface area contributed by atoms with Crippen molar-refractivity contribution in [1.29, 1.82) is 0 Å². The maximum atomic E-state index is 11.1. The van der Waals surface area contributed by atoms with Crippen LogP contribution in [0.25, 0.3) is 6.08 Å². The number of carboxylic acids is 1. The number of aliphatic carboxylic acids is 1. The van der Waals surface area contributed by atoms with Crippen molar-refractivity contribution in [2.45, 2.75) is 6.92 Å². The number of carbonyl (C=O) groups is 2. The van der Waals surface area contributed by atoms with Gasteiger partial charge in [0.05, 0.1) is 17.8 Å². The van der Waals surface area contributed by atoms with Gasteiger partial charge in [-0.3, -0.25) is 4.79 Å². The highest BCUT2D eigenvalue weighted by Crippen LogP contribution is 2.36. The van der Waals surface area contributed by atoms with Gasteiger partial charge in [0.15, 0.2) is 5.75 Å². The number of nitrogens with one attached hydrogen (secondary N) is 1. The number of hydrogen-bond acceptors (Lipinski definition) is 3. The molecule has 0 aliphatic carbocycles. The highest BCUT2D eigenvalue weighted by Gasteiger charge is 2.13. The van der Waals surface area contributed by atoms with E-state index < -0.39 is 5.97 Å². The number of ether oxygens (including phenoxy) is 1. The van der Waals surface area contributed by atoms with Crippen LogP contribution >= 0.6 is 11.6 Å². The smallest absolute Gasteiger partial charge is 0.328 e. The Kier molecular flexibility index (Phi) is 4.74. The van der Waals surface area contributed by atoms with Crippen LogP contribution < -0.4 is 10.1 Å². The lowest BCUT2D eigenvalue weighted by Gasteiger charge is -2.13. The minimum absolute atomic E-state index is 0.291. The standard InChI is InChI=1S/C12H12ClNO4/c1-7(15)14-11-8(4-6-10(16)17)3-5-9(13)12(11)18-2/h3-6H,1-2H3,(H,14,15)(H,16,17)/b6-4+. The highest BCUT2D eigenvalue weighted by atomic mass is 35.5. The van der Waals surface area contributed by atoms with Crippen LogP contribution in [0.2, 0.25) is 5.02 Å². The monoisotopic (exact) mass is 269 g/mol. The fraction of sp³-hybridized carbons (Fsp3) is 0.167. The molecule has 0 spiro atoms. The van der Waals surface area contributed by atoms with E-state index in [0.717, 1.165) is 6.08 Å². The lowest BCUT2D eigenvalue weighted by atomic mass is 10.1. The zero-order valence-electron chi connectivity index (χ0n) is 9.86. The number of amides is 1. The van der Waals surface area contributed by atoms with Crippen molar-refractivity contribution in [1.82, 2.24) is 0 Å². The predicted molar refractivity (Wildman–Crippen MR) is 69.0 cm³/mol. The van der Waals surface area contributed by atoms with Gasteiger partial charge in [-0.1, -0.05) is 17.7 Å². The summed E-state index contributed by atoms with van der Waals surface area (Å²) >= 11 is 5.93. The van der Waals surface area contributed by atoms with Crippen LogP contribution in [-0.4, -0.2) is 24.1 Å². The Morgan fingerprint density at radius 3 is 2.61 bits per heavy atom. The predicted octanol–water partition coefficient (Wildman–Crippen LogP) is 2.40. The molecule has 0 atom stereocenters. The number of rotatable bonds is 4. The molecule has 0 aliphatic heterocycles. The van der Waals surface area contributed by atoms with E-state index in [4.69, 9.17) is 21.4 Å². The van der Waals surface area contributed by atoms with Crippen LogP contribution in [0, 0.1) is 0 Å². The first-order chi connectivity index (χ1) is 8.45. The number of anilines is 1. The molecule has 1 aromatic rings. The molecule has 0 radical (unpaired) electrons. The van der Waals surface area contributed by atoms with Crippen molar-refractivity contribution < 1.29 is 19.4 Å². The first-order valence-electron chi connectivity index (χ1n) is 5.00. The molecule has 96 valence electrons. The fourth-order valence-electron chi connectivity index (χ4n) is 1.38. The molecule has 0 aliphatic rings. The van der Waals surface area contributed by atoms with Crippen LogP contribution in [0.3, 0.4) is 0 Å². The molecule has 0 saturated carbocycles. The average molecular weight is 270 g/mol. The Morgan fingerprint density at radius 2 is 2.11 bits per heavy atom. The molecular formula is C12H12ClNO4. The lowest BCUT2D eigenvalue weighted by molar-refractivity contribution is -0.131.